The van der Waals surface area contributed by atoms with E-state index >= 15 is 0 Å². The molecule has 18 heavy (non-hydrogen) atoms. The Morgan fingerprint density at radius 1 is 1.39 bits per heavy atom. The van der Waals surface area contributed by atoms with Crippen LogP contribution in [0.4, 0.5) is 5.82 Å². The van der Waals surface area contributed by atoms with E-state index in [0.717, 1.165) is 24.0 Å². The number of hydrogen-bond donors (Lipinski definition) is 2. The van der Waals surface area contributed by atoms with E-state index in [1.54, 1.807) is 0 Å². The van der Waals surface area contributed by atoms with Gasteiger partial charge in [-0.2, -0.15) is 0 Å². The van der Waals surface area contributed by atoms with Gasteiger partial charge in [-0.25, -0.2) is 9.48 Å². The maximum absolute atomic E-state index is 11.9. The molecule has 2 rings (SSSR count). The number of rotatable bonds is 2. The third-order valence-electron chi connectivity index (χ3n) is 3.29. The number of nitrogens with zero attached hydrogens (tertiary/aromatic N) is 3. The first-order valence-corrected chi connectivity index (χ1v) is 6.13. The molecule has 2 unspecified atom stereocenters. The third kappa shape index (κ3) is 2.45. The summed E-state index contributed by atoms with van der Waals surface area (Å²) in [6.45, 7) is 3.03. The van der Waals surface area contributed by atoms with Crippen molar-refractivity contribution in [2.45, 2.75) is 31.8 Å². The Balaban J connectivity index is 2.24. The van der Waals surface area contributed by atoms with Crippen LogP contribution in [0.15, 0.2) is 9.59 Å². The lowest BCUT2D eigenvalue weighted by atomic mass is 10.0. The Morgan fingerprint density at radius 2 is 2.11 bits per heavy atom. The number of anilines is 1. The molecule has 0 radical (unpaired) electrons. The van der Waals surface area contributed by atoms with E-state index in [4.69, 9.17) is 0 Å². The molecule has 0 aromatic carbocycles. The second kappa shape index (κ2) is 4.93. The molecule has 1 saturated heterocycles. The standard InChI is InChI=1S/C11H19N5O2/c1-7-6-8(4-5-12-7)13-9-10(17)15(2)11(18)16(3)14-9/h7-8,12H,4-6H2,1-3H3,(H,13,14). The van der Waals surface area contributed by atoms with Crippen LogP contribution in [0, 0.1) is 0 Å². The maximum Gasteiger partial charge on any atom is 0.346 e. The molecule has 0 saturated carbocycles. The van der Waals surface area contributed by atoms with E-state index < -0.39 is 5.69 Å². The highest BCUT2D eigenvalue weighted by Crippen LogP contribution is 2.11. The molecule has 1 aliphatic rings. The fraction of sp³-hybridized carbons (Fsp3) is 0.727. The molecule has 0 bridgehead atoms. The molecule has 100 valence electrons. The second-order valence-corrected chi connectivity index (χ2v) is 4.84. The molecule has 0 amide bonds. The Labute approximate surface area is 105 Å². The van der Waals surface area contributed by atoms with Crippen molar-refractivity contribution in [3.63, 3.8) is 0 Å². The summed E-state index contributed by atoms with van der Waals surface area (Å²) < 4.78 is 2.24. The molecule has 7 heteroatoms. The van der Waals surface area contributed by atoms with Crippen LogP contribution in [0.2, 0.25) is 0 Å². The van der Waals surface area contributed by atoms with Crippen molar-refractivity contribution in [1.82, 2.24) is 19.7 Å². The van der Waals surface area contributed by atoms with Crippen LogP contribution in [0.25, 0.3) is 0 Å². The van der Waals surface area contributed by atoms with Gasteiger partial charge >= 0.3 is 5.69 Å². The molecule has 1 aliphatic heterocycles. The van der Waals surface area contributed by atoms with E-state index in [0.29, 0.717) is 6.04 Å². The molecule has 1 aromatic heterocycles. The van der Waals surface area contributed by atoms with E-state index in [1.807, 2.05) is 0 Å². The molecular formula is C11H19N5O2. The van der Waals surface area contributed by atoms with Crippen LogP contribution in [0.1, 0.15) is 19.8 Å². The fourth-order valence-corrected chi connectivity index (χ4v) is 2.25. The fourth-order valence-electron chi connectivity index (χ4n) is 2.25. The molecule has 2 N–H and O–H groups in total. The zero-order valence-corrected chi connectivity index (χ0v) is 10.9. The van der Waals surface area contributed by atoms with E-state index in [9.17, 15) is 9.59 Å². The minimum Gasteiger partial charge on any atom is -0.361 e. The number of nitrogens with one attached hydrogen (secondary N) is 2. The summed E-state index contributed by atoms with van der Waals surface area (Å²) in [5, 5.41) is 10.5. The lowest BCUT2D eigenvalue weighted by Crippen LogP contribution is -2.45. The van der Waals surface area contributed by atoms with Crippen molar-refractivity contribution in [3.8, 4) is 0 Å². The van der Waals surface area contributed by atoms with Crippen LogP contribution in [0.5, 0.6) is 0 Å². The van der Waals surface area contributed by atoms with Gasteiger partial charge in [0, 0.05) is 26.2 Å². The Kier molecular flexibility index (Phi) is 3.51. The first-order valence-electron chi connectivity index (χ1n) is 6.13. The van der Waals surface area contributed by atoms with E-state index in [-0.39, 0.29) is 17.4 Å². The first-order chi connectivity index (χ1) is 8.49. The van der Waals surface area contributed by atoms with E-state index in [1.165, 1.54) is 18.8 Å². The summed E-state index contributed by atoms with van der Waals surface area (Å²) in [5.41, 5.74) is -0.784. The number of piperidine rings is 1. The average molecular weight is 253 g/mol. The minimum atomic E-state index is -0.413. The lowest BCUT2D eigenvalue weighted by molar-refractivity contribution is 0.394. The van der Waals surface area contributed by atoms with Crippen LogP contribution in [-0.4, -0.2) is 33.0 Å². The van der Waals surface area contributed by atoms with Gasteiger partial charge in [0.1, 0.15) is 0 Å². The summed E-state index contributed by atoms with van der Waals surface area (Å²) >= 11 is 0. The monoisotopic (exact) mass is 253 g/mol. The van der Waals surface area contributed by atoms with Gasteiger partial charge in [0.25, 0.3) is 5.56 Å². The summed E-state index contributed by atoms with van der Waals surface area (Å²) in [7, 11) is 3.00. The van der Waals surface area contributed by atoms with Crippen molar-refractivity contribution in [2.75, 3.05) is 11.9 Å². The minimum absolute atomic E-state index is 0.221. The number of aromatic nitrogens is 3. The van der Waals surface area contributed by atoms with Gasteiger partial charge in [0.2, 0.25) is 5.82 Å². The number of aryl methyl sites for hydroxylation is 1. The van der Waals surface area contributed by atoms with Crippen LogP contribution in [0.3, 0.4) is 0 Å². The topological polar surface area (TPSA) is 81.0 Å². The Morgan fingerprint density at radius 3 is 2.78 bits per heavy atom. The highest BCUT2D eigenvalue weighted by Gasteiger charge is 2.20. The van der Waals surface area contributed by atoms with Crippen molar-refractivity contribution in [1.29, 1.82) is 0 Å². The van der Waals surface area contributed by atoms with Crippen molar-refractivity contribution in [3.05, 3.63) is 20.8 Å². The first kappa shape index (κ1) is 12.8. The van der Waals surface area contributed by atoms with Gasteiger partial charge in [-0.15, -0.1) is 5.10 Å². The predicted molar refractivity (Wildman–Crippen MR) is 68.8 cm³/mol. The van der Waals surface area contributed by atoms with Crippen molar-refractivity contribution in [2.24, 2.45) is 14.1 Å². The number of hydrogen-bond acceptors (Lipinski definition) is 5. The average Bonchev–Trinajstić information content (AvgIpc) is 2.33. The third-order valence-corrected chi connectivity index (χ3v) is 3.29. The normalized spacial score (nSPS) is 23.9. The van der Waals surface area contributed by atoms with Gasteiger partial charge in [-0.05, 0) is 26.3 Å². The van der Waals surface area contributed by atoms with Crippen LogP contribution >= 0.6 is 0 Å². The molecule has 0 spiro atoms. The summed E-state index contributed by atoms with van der Waals surface area (Å²) in [4.78, 5) is 23.4. The zero-order valence-electron chi connectivity index (χ0n) is 10.9. The van der Waals surface area contributed by atoms with Crippen LogP contribution < -0.4 is 21.9 Å². The lowest BCUT2D eigenvalue weighted by Gasteiger charge is -2.28. The SMILES string of the molecule is CC1CC(Nc2nn(C)c(=O)n(C)c2=O)CCN1. The quantitative estimate of drug-likeness (QED) is 0.709. The zero-order chi connectivity index (χ0) is 13.3. The van der Waals surface area contributed by atoms with Crippen molar-refractivity contribution >= 4 is 5.82 Å². The maximum atomic E-state index is 11.9. The molecule has 7 nitrogen and oxygen atoms in total. The molecule has 0 aliphatic carbocycles. The highest BCUT2D eigenvalue weighted by molar-refractivity contribution is 5.31. The van der Waals surface area contributed by atoms with E-state index in [2.05, 4.69) is 22.7 Å². The molecule has 2 heterocycles. The summed E-state index contributed by atoms with van der Waals surface area (Å²) in [6.07, 6.45) is 1.88. The van der Waals surface area contributed by atoms with Crippen molar-refractivity contribution < 1.29 is 0 Å². The second-order valence-electron chi connectivity index (χ2n) is 4.84. The Bertz CT molecular complexity index is 547. The van der Waals surface area contributed by atoms with Gasteiger partial charge < -0.3 is 10.6 Å². The summed E-state index contributed by atoms with van der Waals surface area (Å²) in [5.74, 6) is 0.249. The van der Waals surface area contributed by atoms with Gasteiger partial charge in [0.15, 0.2) is 0 Å². The predicted octanol–water partition coefficient (Wildman–Crippen LogP) is -0.969. The smallest absolute Gasteiger partial charge is 0.346 e. The molecular weight excluding hydrogens is 234 g/mol. The molecule has 2 atom stereocenters. The van der Waals surface area contributed by atoms with Gasteiger partial charge in [-0.3, -0.25) is 9.36 Å². The highest BCUT2D eigenvalue weighted by atomic mass is 16.2. The molecule has 1 aromatic rings. The molecule has 1 fully saturated rings. The Hall–Kier alpha value is -1.63. The van der Waals surface area contributed by atoms with Crippen LogP contribution in [-0.2, 0) is 14.1 Å². The largest absolute Gasteiger partial charge is 0.361 e. The summed E-state index contributed by atoms with van der Waals surface area (Å²) in [6, 6.07) is 0.645. The van der Waals surface area contributed by atoms with Gasteiger partial charge in [-0.1, -0.05) is 0 Å². The van der Waals surface area contributed by atoms with Gasteiger partial charge in [0.05, 0.1) is 0 Å².